The minimum Gasteiger partial charge on any atom is -0.497 e. The van der Waals surface area contributed by atoms with E-state index in [4.69, 9.17) is 9.26 Å². The molecule has 1 aliphatic rings. The maximum atomic E-state index is 12.9. The zero-order valence-corrected chi connectivity index (χ0v) is 17.7. The van der Waals surface area contributed by atoms with Gasteiger partial charge in [-0.3, -0.25) is 4.79 Å². The first-order valence-electron chi connectivity index (χ1n) is 10.4. The summed E-state index contributed by atoms with van der Waals surface area (Å²) in [7, 11) is 1.64. The summed E-state index contributed by atoms with van der Waals surface area (Å²) in [6.07, 6.45) is 2.61. The summed E-state index contributed by atoms with van der Waals surface area (Å²) in [5.74, 6) is 2.55. The fourth-order valence-electron chi connectivity index (χ4n) is 4.03. The molecule has 1 fully saturated rings. The van der Waals surface area contributed by atoms with E-state index in [1.165, 1.54) is 5.56 Å². The van der Waals surface area contributed by atoms with Gasteiger partial charge < -0.3 is 14.2 Å². The molecule has 0 atom stereocenters. The molecule has 1 amide bonds. The second-order valence-corrected chi connectivity index (χ2v) is 8.00. The van der Waals surface area contributed by atoms with Gasteiger partial charge in [0.25, 0.3) is 5.91 Å². The third-order valence-electron chi connectivity index (χ3n) is 5.77. The van der Waals surface area contributed by atoms with E-state index in [2.05, 4.69) is 16.2 Å². The van der Waals surface area contributed by atoms with Crippen molar-refractivity contribution in [3.63, 3.8) is 0 Å². The summed E-state index contributed by atoms with van der Waals surface area (Å²) in [5.41, 5.74) is 3.89. The second kappa shape index (κ2) is 8.69. The molecule has 1 aliphatic heterocycles. The van der Waals surface area contributed by atoms with Gasteiger partial charge in [-0.15, -0.1) is 0 Å². The van der Waals surface area contributed by atoms with E-state index in [0.717, 1.165) is 54.8 Å². The Bertz CT molecular complexity index is 1040. The summed E-state index contributed by atoms with van der Waals surface area (Å²) >= 11 is 0. The SMILES string of the molecule is COc1cccc(-c2noc(CC3CCN(C(=O)c4ccc(C)cc4C)CC3)n2)c1. The lowest BCUT2D eigenvalue weighted by Gasteiger charge is -2.32. The monoisotopic (exact) mass is 405 g/mol. The molecule has 0 spiro atoms. The summed E-state index contributed by atoms with van der Waals surface area (Å²) in [5, 5.41) is 4.12. The number of rotatable bonds is 5. The van der Waals surface area contributed by atoms with Crippen LogP contribution in [-0.4, -0.2) is 41.1 Å². The van der Waals surface area contributed by atoms with Crippen LogP contribution in [0.5, 0.6) is 5.75 Å². The average molecular weight is 405 g/mol. The summed E-state index contributed by atoms with van der Waals surface area (Å²) in [4.78, 5) is 19.4. The second-order valence-electron chi connectivity index (χ2n) is 8.00. The molecule has 0 radical (unpaired) electrons. The Kier molecular flexibility index (Phi) is 5.84. The predicted molar refractivity (Wildman–Crippen MR) is 115 cm³/mol. The summed E-state index contributed by atoms with van der Waals surface area (Å²) < 4.78 is 10.7. The number of carbonyl (C=O) groups is 1. The van der Waals surface area contributed by atoms with Crippen LogP contribution < -0.4 is 4.74 Å². The van der Waals surface area contributed by atoms with Crippen LogP contribution in [0.25, 0.3) is 11.4 Å². The minimum absolute atomic E-state index is 0.129. The smallest absolute Gasteiger partial charge is 0.254 e. The normalized spacial score (nSPS) is 14.7. The third-order valence-corrected chi connectivity index (χ3v) is 5.77. The molecule has 1 aromatic heterocycles. The van der Waals surface area contributed by atoms with Crippen LogP contribution in [0.15, 0.2) is 47.0 Å². The highest BCUT2D eigenvalue weighted by Gasteiger charge is 2.26. The number of ether oxygens (including phenoxy) is 1. The number of benzene rings is 2. The molecule has 0 bridgehead atoms. The van der Waals surface area contributed by atoms with Crippen molar-refractivity contribution in [2.24, 2.45) is 5.92 Å². The highest BCUT2D eigenvalue weighted by atomic mass is 16.5. The van der Waals surface area contributed by atoms with Gasteiger partial charge >= 0.3 is 0 Å². The van der Waals surface area contributed by atoms with Crippen molar-refractivity contribution < 1.29 is 14.1 Å². The molecule has 1 saturated heterocycles. The zero-order valence-electron chi connectivity index (χ0n) is 17.7. The fraction of sp³-hybridized carbons (Fsp3) is 0.375. The standard InChI is InChI=1S/C24H27N3O3/c1-16-7-8-21(17(2)13-16)24(28)27-11-9-18(10-12-27)14-22-25-23(26-30-22)19-5-4-6-20(15-19)29-3/h4-8,13,15,18H,9-12,14H2,1-3H3. The molecule has 6 heteroatoms. The van der Waals surface area contributed by atoms with E-state index >= 15 is 0 Å². The number of amides is 1. The Labute approximate surface area is 176 Å². The highest BCUT2D eigenvalue weighted by molar-refractivity contribution is 5.95. The van der Waals surface area contributed by atoms with Crippen LogP contribution in [-0.2, 0) is 6.42 Å². The van der Waals surface area contributed by atoms with Crippen molar-refractivity contribution in [2.75, 3.05) is 20.2 Å². The Morgan fingerprint density at radius 2 is 1.97 bits per heavy atom. The highest BCUT2D eigenvalue weighted by Crippen LogP contribution is 2.25. The van der Waals surface area contributed by atoms with Crippen molar-refractivity contribution in [2.45, 2.75) is 33.1 Å². The van der Waals surface area contributed by atoms with E-state index in [1.54, 1.807) is 7.11 Å². The zero-order chi connectivity index (χ0) is 21.1. The van der Waals surface area contributed by atoms with Gasteiger partial charge in [0.2, 0.25) is 11.7 Å². The van der Waals surface area contributed by atoms with E-state index in [0.29, 0.717) is 17.6 Å². The Hall–Kier alpha value is -3.15. The number of aromatic nitrogens is 2. The summed E-state index contributed by atoms with van der Waals surface area (Å²) in [6, 6.07) is 13.6. The van der Waals surface area contributed by atoms with Crippen LogP contribution in [0.3, 0.4) is 0 Å². The van der Waals surface area contributed by atoms with Crippen molar-refractivity contribution >= 4 is 5.91 Å². The van der Waals surface area contributed by atoms with Crippen LogP contribution in [0.1, 0.15) is 40.2 Å². The topological polar surface area (TPSA) is 68.5 Å². The van der Waals surface area contributed by atoms with Crippen LogP contribution in [0.4, 0.5) is 0 Å². The molecule has 30 heavy (non-hydrogen) atoms. The van der Waals surface area contributed by atoms with E-state index < -0.39 is 0 Å². The lowest BCUT2D eigenvalue weighted by Crippen LogP contribution is -2.39. The maximum Gasteiger partial charge on any atom is 0.254 e. The molecular weight excluding hydrogens is 378 g/mol. The molecule has 0 saturated carbocycles. The number of carbonyl (C=O) groups excluding carboxylic acids is 1. The number of aryl methyl sites for hydroxylation is 2. The predicted octanol–water partition coefficient (Wildman–Crippen LogP) is 4.46. The van der Waals surface area contributed by atoms with Crippen molar-refractivity contribution in [3.8, 4) is 17.1 Å². The molecule has 4 rings (SSSR count). The maximum absolute atomic E-state index is 12.9. The van der Waals surface area contributed by atoms with Gasteiger partial charge in [-0.25, -0.2) is 0 Å². The molecular formula is C24H27N3O3. The Morgan fingerprint density at radius 3 is 2.70 bits per heavy atom. The summed E-state index contributed by atoms with van der Waals surface area (Å²) in [6.45, 7) is 5.56. The number of likely N-dealkylation sites (tertiary alicyclic amines) is 1. The Morgan fingerprint density at radius 1 is 1.17 bits per heavy atom. The lowest BCUT2D eigenvalue weighted by molar-refractivity contribution is 0.0686. The molecule has 0 unspecified atom stereocenters. The van der Waals surface area contributed by atoms with Crippen LogP contribution in [0, 0.1) is 19.8 Å². The van der Waals surface area contributed by atoms with E-state index in [-0.39, 0.29) is 5.91 Å². The quantitative estimate of drug-likeness (QED) is 0.627. The van der Waals surface area contributed by atoms with Gasteiger partial charge in [0.05, 0.1) is 7.11 Å². The van der Waals surface area contributed by atoms with Gasteiger partial charge in [0.15, 0.2) is 0 Å². The van der Waals surface area contributed by atoms with Crippen molar-refractivity contribution in [1.82, 2.24) is 15.0 Å². The number of methoxy groups -OCH3 is 1. The molecule has 0 aliphatic carbocycles. The fourth-order valence-corrected chi connectivity index (χ4v) is 4.03. The van der Waals surface area contributed by atoms with E-state index in [9.17, 15) is 4.79 Å². The van der Waals surface area contributed by atoms with Crippen molar-refractivity contribution in [1.29, 1.82) is 0 Å². The minimum atomic E-state index is 0.129. The third kappa shape index (κ3) is 4.37. The Balaban J connectivity index is 1.35. The first kappa shape index (κ1) is 20.1. The first-order valence-corrected chi connectivity index (χ1v) is 10.4. The first-order chi connectivity index (χ1) is 14.5. The number of nitrogens with zero attached hydrogens (tertiary/aromatic N) is 3. The molecule has 156 valence electrons. The average Bonchev–Trinajstić information content (AvgIpc) is 3.22. The lowest BCUT2D eigenvalue weighted by atomic mass is 9.93. The van der Waals surface area contributed by atoms with Crippen LogP contribution >= 0.6 is 0 Å². The van der Waals surface area contributed by atoms with Crippen molar-refractivity contribution in [3.05, 3.63) is 65.0 Å². The molecule has 2 heterocycles. The van der Waals surface area contributed by atoms with Gasteiger partial charge in [-0.05, 0) is 56.4 Å². The molecule has 3 aromatic rings. The van der Waals surface area contributed by atoms with Gasteiger partial charge in [-0.2, -0.15) is 4.98 Å². The van der Waals surface area contributed by atoms with E-state index in [1.807, 2.05) is 55.1 Å². The number of hydrogen-bond acceptors (Lipinski definition) is 5. The molecule has 6 nitrogen and oxygen atoms in total. The molecule has 2 aromatic carbocycles. The van der Waals surface area contributed by atoms with Gasteiger partial charge in [0.1, 0.15) is 5.75 Å². The molecule has 0 N–H and O–H groups in total. The largest absolute Gasteiger partial charge is 0.497 e. The van der Waals surface area contributed by atoms with Gasteiger partial charge in [-0.1, -0.05) is 35.0 Å². The number of hydrogen-bond donors (Lipinski definition) is 0. The van der Waals surface area contributed by atoms with Gasteiger partial charge in [0, 0.05) is 30.6 Å². The number of piperidine rings is 1. The van der Waals surface area contributed by atoms with Crippen LogP contribution in [0.2, 0.25) is 0 Å².